The fourth-order valence-electron chi connectivity index (χ4n) is 4.34. The molecule has 2 heterocycles. The number of methoxy groups -OCH3 is 1. The largest absolute Gasteiger partial charge is 0.497 e. The van der Waals surface area contributed by atoms with Gasteiger partial charge < -0.3 is 14.4 Å². The third-order valence-electron chi connectivity index (χ3n) is 5.88. The van der Waals surface area contributed by atoms with Crippen LogP contribution in [0.3, 0.4) is 0 Å². The first-order chi connectivity index (χ1) is 15.5. The molecule has 0 saturated heterocycles. The lowest BCUT2D eigenvalue weighted by molar-refractivity contribution is -0.137. The first kappa shape index (κ1) is 22.1. The molecular weight excluding hydrogens is 404 g/mol. The summed E-state index contributed by atoms with van der Waals surface area (Å²) >= 11 is 0. The van der Waals surface area contributed by atoms with Crippen LogP contribution >= 0.6 is 0 Å². The molecule has 0 bridgehead atoms. The lowest BCUT2D eigenvalue weighted by Gasteiger charge is -2.32. The molecule has 0 aliphatic carbocycles. The molecule has 0 spiro atoms. The number of rotatable bonds is 8. The summed E-state index contributed by atoms with van der Waals surface area (Å²) in [5, 5.41) is 0. The first-order valence-electron chi connectivity index (χ1n) is 11.2. The zero-order chi connectivity index (χ0) is 22.7. The van der Waals surface area contributed by atoms with Crippen LogP contribution in [0.25, 0.3) is 5.57 Å². The Kier molecular flexibility index (Phi) is 6.61. The van der Waals surface area contributed by atoms with Gasteiger partial charge in [-0.2, -0.15) is 0 Å². The van der Waals surface area contributed by atoms with Crippen LogP contribution in [-0.2, 0) is 20.7 Å². The highest BCUT2D eigenvalue weighted by molar-refractivity contribution is 6.36. The number of para-hydroxylation sites is 1. The molecule has 0 saturated carbocycles. The Balaban J connectivity index is 1.72. The molecule has 0 radical (unpaired) electrons. The molecule has 6 nitrogen and oxygen atoms in total. The zero-order valence-electron chi connectivity index (χ0n) is 19.0. The number of hydrogen-bond acceptors (Lipinski definition) is 5. The number of amides is 2. The number of fused-ring (bicyclic) bond motifs is 1. The van der Waals surface area contributed by atoms with Gasteiger partial charge in [0.05, 0.1) is 18.8 Å². The molecule has 2 aliphatic rings. The molecule has 32 heavy (non-hydrogen) atoms. The van der Waals surface area contributed by atoms with Crippen LogP contribution in [0, 0.1) is 0 Å². The van der Waals surface area contributed by atoms with E-state index in [0.717, 1.165) is 24.1 Å². The maximum Gasteiger partial charge on any atom is 0.278 e. The lowest BCUT2D eigenvalue weighted by atomic mass is 9.98. The molecule has 0 N–H and O–H groups in total. The summed E-state index contributed by atoms with van der Waals surface area (Å²) in [6.07, 6.45) is 2.62. The minimum atomic E-state index is -0.247. The minimum Gasteiger partial charge on any atom is -0.497 e. The molecular formula is C26H30N2O4. The van der Waals surface area contributed by atoms with Crippen molar-refractivity contribution in [1.29, 1.82) is 0 Å². The molecule has 2 aromatic rings. The van der Waals surface area contributed by atoms with Crippen LogP contribution in [-0.4, -0.2) is 49.6 Å². The summed E-state index contributed by atoms with van der Waals surface area (Å²) in [5.74, 6) is 0.225. The fraction of sp³-hybridized carbons (Fsp3) is 0.385. The number of nitrogens with zero attached hydrogens (tertiary/aromatic N) is 2. The highest BCUT2D eigenvalue weighted by Gasteiger charge is 2.42. The Bertz CT molecular complexity index is 1030. The van der Waals surface area contributed by atoms with Gasteiger partial charge in [-0.15, -0.1) is 0 Å². The second-order valence-corrected chi connectivity index (χ2v) is 8.37. The molecule has 2 aromatic carbocycles. The predicted octanol–water partition coefficient (Wildman–Crippen LogP) is 4.04. The SMILES string of the molecule is COc1ccc(C2=C(N3CCCc4ccccc43)C(=O)N(CCCOC(C)C)C2=O)cc1. The topological polar surface area (TPSA) is 59.1 Å². The van der Waals surface area contributed by atoms with Crippen molar-refractivity contribution in [3.05, 3.63) is 65.4 Å². The number of carbonyl (C=O) groups is 2. The van der Waals surface area contributed by atoms with Crippen molar-refractivity contribution < 1.29 is 19.1 Å². The number of anilines is 1. The van der Waals surface area contributed by atoms with E-state index in [1.165, 1.54) is 10.5 Å². The van der Waals surface area contributed by atoms with E-state index < -0.39 is 0 Å². The summed E-state index contributed by atoms with van der Waals surface area (Å²) in [5.41, 5.74) is 3.86. The van der Waals surface area contributed by atoms with Crippen LogP contribution < -0.4 is 9.64 Å². The Morgan fingerprint density at radius 2 is 1.75 bits per heavy atom. The Hall–Kier alpha value is -3.12. The molecule has 0 unspecified atom stereocenters. The summed E-state index contributed by atoms with van der Waals surface area (Å²) in [7, 11) is 1.61. The molecule has 0 atom stereocenters. The van der Waals surface area contributed by atoms with Gasteiger partial charge in [-0.25, -0.2) is 0 Å². The van der Waals surface area contributed by atoms with Gasteiger partial charge in [0.15, 0.2) is 0 Å². The van der Waals surface area contributed by atoms with Crippen LogP contribution in [0.15, 0.2) is 54.2 Å². The van der Waals surface area contributed by atoms with Gasteiger partial charge in [0.2, 0.25) is 0 Å². The predicted molar refractivity (Wildman–Crippen MR) is 124 cm³/mol. The summed E-state index contributed by atoms with van der Waals surface area (Å²) < 4.78 is 10.9. The number of aryl methyl sites for hydroxylation is 1. The van der Waals surface area contributed by atoms with E-state index >= 15 is 0 Å². The monoisotopic (exact) mass is 434 g/mol. The first-order valence-corrected chi connectivity index (χ1v) is 11.2. The Labute approximate surface area is 189 Å². The van der Waals surface area contributed by atoms with Gasteiger partial charge in [-0.3, -0.25) is 14.5 Å². The molecule has 0 aromatic heterocycles. The van der Waals surface area contributed by atoms with Crippen molar-refractivity contribution in [1.82, 2.24) is 4.90 Å². The standard InChI is InChI=1S/C26H30N2O4/c1-18(2)32-17-7-16-28-25(29)23(20-11-13-21(31-3)14-12-20)24(26(28)30)27-15-6-9-19-8-4-5-10-22(19)27/h4-5,8,10-14,18H,6-7,9,15-17H2,1-3H3. The van der Waals surface area contributed by atoms with E-state index in [1.54, 1.807) is 7.11 Å². The van der Waals surface area contributed by atoms with Crippen molar-refractivity contribution >= 4 is 23.1 Å². The van der Waals surface area contributed by atoms with E-state index in [-0.39, 0.29) is 17.9 Å². The van der Waals surface area contributed by atoms with Gasteiger partial charge in [-0.05, 0) is 62.4 Å². The molecule has 2 amide bonds. The third kappa shape index (κ3) is 4.28. The number of carbonyl (C=O) groups excluding carboxylic acids is 2. The van der Waals surface area contributed by atoms with E-state index in [4.69, 9.17) is 9.47 Å². The molecule has 168 valence electrons. The second kappa shape index (κ2) is 9.57. The fourth-order valence-corrected chi connectivity index (χ4v) is 4.34. The van der Waals surface area contributed by atoms with E-state index in [1.807, 2.05) is 61.2 Å². The molecule has 4 rings (SSSR count). The van der Waals surface area contributed by atoms with Crippen LogP contribution in [0.5, 0.6) is 5.75 Å². The van der Waals surface area contributed by atoms with Gasteiger partial charge in [-0.1, -0.05) is 30.3 Å². The average Bonchev–Trinajstić information content (AvgIpc) is 3.05. The summed E-state index contributed by atoms with van der Waals surface area (Å²) in [6, 6.07) is 15.5. The number of hydrogen-bond donors (Lipinski definition) is 0. The van der Waals surface area contributed by atoms with Gasteiger partial charge in [0.25, 0.3) is 11.8 Å². The van der Waals surface area contributed by atoms with Crippen molar-refractivity contribution in [3.8, 4) is 5.75 Å². The number of benzene rings is 2. The highest BCUT2D eigenvalue weighted by atomic mass is 16.5. The number of imide groups is 1. The van der Waals surface area contributed by atoms with Crippen molar-refractivity contribution in [2.75, 3.05) is 31.7 Å². The third-order valence-corrected chi connectivity index (χ3v) is 5.88. The smallest absolute Gasteiger partial charge is 0.278 e. The normalized spacial score (nSPS) is 16.2. The molecule has 2 aliphatic heterocycles. The van der Waals surface area contributed by atoms with Crippen molar-refractivity contribution in [2.24, 2.45) is 0 Å². The zero-order valence-corrected chi connectivity index (χ0v) is 19.0. The average molecular weight is 435 g/mol. The molecule has 0 fully saturated rings. The maximum atomic E-state index is 13.6. The Morgan fingerprint density at radius 1 is 1.00 bits per heavy atom. The lowest BCUT2D eigenvalue weighted by Crippen LogP contribution is -2.38. The number of ether oxygens (including phenoxy) is 2. The summed E-state index contributed by atoms with van der Waals surface area (Å²) in [4.78, 5) is 30.5. The maximum absolute atomic E-state index is 13.6. The highest BCUT2D eigenvalue weighted by Crippen LogP contribution is 2.38. The van der Waals surface area contributed by atoms with E-state index in [2.05, 4.69) is 6.07 Å². The van der Waals surface area contributed by atoms with Crippen molar-refractivity contribution in [2.45, 2.75) is 39.2 Å². The van der Waals surface area contributed by atoms with Crippen LogP contribution in [0.2, 0.25) is 0 Å². The van der Waals surface area contributed by atoms with Crippen molar-refractivity contribution in [3.63, 3.8) is 0 Å². The van der Waals surface area contributed by atoms with E-state index in [9.17, 15) is 9.59 Å². The second-order valence-electron chi connectivity index (χ2n) is 8.37. The quantitative estimate of drug-likeness (QED) is 0.464. The van der Waals surface area contributed by atoms with Gasteiger partial charge in [0.1, 0.15) is 11.4 Å². The molecule has 6 heteroatoms. The van der Waals surface area contributed by atoms with Gasteiger partial charge in [0, 0.05) is 25.4 Å². The Morgan fingerprint density at radius 3 is 2.47 bits per heavy atom. The van der Waals surface area contributed by atoms with E-state index in [0.29, 0.717) is 43.1 Å². The van der Waals surface area contributed by atoms with Crippen LogP contribution in [0.4, 0.5) is 5.69 Å². The van der Waals surface area contributed by atoms with Gasteiger partial charge >= 0.3 is 0 Å². The summed E-state index contributed by atoms with van der Waals surface area (Å²) in [6.45, 7) is 5.50. The minimum absolute atomic E-state index is 0.119. The van der Waals surface area contributed by atoms with Crippen LogP contribution in [0.1, 0.15) is 37.8 Å².